The number of rotatable bonds is 5. The average molecular weight is 364 g/mol. The second-order valence-corrected chi connectivity index (χ2v) is 8.10. The summed E-state index contributed by atoms with van der Waals surface area (Å²) in [4.78, 5) is 17.0. The number of anilines is 1. The smallest absolute Gasteiger partial charge is 0.294 e. The highest BCUT2D eigenvalue weighted by molar-refractivity contribution is 6.02. The van der Waals surface area contributed by atoms with E-state index in [9.17, 15) is 4.79 Å². The lowest BCUT2D eigenvalue weighted by Gasteiger charge is -2.14. The van der Waals surface area contributed by atoms with Crippen molar-refractivity contribution in [1.82, 2.24) is 14.8 Å². The highest BCUT2D eigenvalue weighted by Crippen LogP contribution is 2.40. The third kappa shape index (κ3) is 3.79. The van der Waals surface area contributed by atoms with Crippen LogP contribution in [0.2, 0.25) is 0 Å². The van der Waals surface area contributed by atoms with Gasteiger partial charge in [-0.25, -0.2) is 9.67 Å². The van der Waals surface area contributed by atoms with Gasteiger partial charge in [-0.2, -0.15) is 5.10 Å². The summed E-state index contributed by atoms with van der Waals surface area (Å²) in [5, 5.41) is 7.71. The van der Waals surface area contributed by atoms with Gasteiger partial charge in [-0.3, -0.25) is 4.79 Å². The molecule has 140 valence electrons. The maximum Gasteiger partial charge on any atom is 0.294 e. The normalized spacial score (nSPS) is 14.3. The Balaban J connectivity index is 1.63. The molecule has 6 heteroatoms. The number of oxazole rings is 1. The number of benzene rings is 1. The van der Waals surface area contributed by atoms with Gasteiger partial charge in [0.15, 0.2) is 6.39 Å². The van der Waals surface area contributed by atoms with Gasteiger partial charge in [-0.05, 0) is 18.4 Å². The van der Waals surface area contributed by atoms with Crippen LogP contribution in [-0.2, 0) is 12.0 Å². The third-order valence-corrected chi connectivity index (χ3v) is 4.73. The van der Waals surface area contributed by atoms with Crippen LogP contribution in [0.5, 0.6) is 0 Å². The largest absolute Gasteiger partial charge is 0.438 e. The summed E-state index contributed by atoms with van der Waals surface area (Å²) >= 11 is 0. The summed E-state index contributed by atoms with van der Waals surface area (Å²) in [6, 6.07) is 12.0. The van der Waals surface area contributed by atoms with Gasteiger partial charge in [-0.1, -0.05) is 51.1 Å². The quantitative estimate of drug-likeness (QED) is 0.731. The Bertz CT molecular complexity index is 946. The molecule has 27 heavy (non-hydrogen) atoms. The molecule has 4 rings (SSSR count). The molecule has 0 aliphatic heterocycles. The van der Waals surface area contributed by atoms with E-state index in [1.807, 2.05) is 41.1 Å². The number of hydrogen-bond donors (Lipinski definition) is 1. The fraction of sp³-hybridized carbons (Fsp3) is 0.381. The summed E-state index contributed by atoms with van der Waals surface area (Å²) in [6.07, 6.45) is 3.48. The van der Waals surface area contributed by atoms with E-state index < -0.39 is 0 Å². The van der Waals surface area contributed by atoms with Gasteiger partial charge in [0.1, 0.15) is 5.82 Å². The molecule has 1 aliphatic carbocycles. The standard InChI is InChI=1S/C21H24N4O2/c1-21(2,3)16-11-17(25(24-16)12-14-7-5-4-6-8-14)23-20(26)19-18(15-9-10-15)22-13-27-19/h4-8,11,13,15H,9-10,12H2,1-3H3,(H,23,26). The van der Waals surface area contributed by atoms with Crippen molar-refractivity contribution >= 4 is 11.7 Å². The van der Waals surface area contributed by atoms with Crippen LogP contribution in [0.1, 0.15) is 67.0 Å². The molecule has 0 bridgehead atoms. The monoisotopic (exact) mass is 364 g/mol. The first-order valence-electron chi connectivity index (χ1n) is 9.29. The molecule has 2 aromatic heterocycles. The molecule has 3 aromatic rings. The minimum absolute atomic E-state index is 0.118. The molecule has 0 atom stereocenters. The highest BCUT2D eigenvalue weighted by atomic mass is 16.3. The van der Waals surface area contributed by atoms with Gasteiger partial charge < -0.3 is 9.73 Å². The number of nitrogens with one attached hydrogen (secondary N) is 1. The van der Waals surface area contributed by atoms with E-state index in [0.29, 0.717) is 24.0 Å². The Morgan fingerprint density at radius 2 is 2.00 bits per heavy atom. The minimum Gasteiger partial charge on any atom is -0.438 e. The highest BCUT2D eigenvalue weighted by Gasteiger charge is 2.32. The van der Waals surface area contributed by atoms with E-state index in [2.05, 4.69) is 31.1 Å². The molecule has 1 amide bonds. The van der Waals surface area contributed by atoms with Crippen molar-refractivity contribution in [1.29, 1.82) is 0 Å². The van der Waals surface area contributed by atoms with E-state index in [1.54, 1.807) is 0 Å². The van der Waals surface area contributed by atoms with E-state index in [4.69, 9.17) is 9.52 Å². The van der Waals surface area contributed by atoms with Crippen molar-refractivity contribution in [3.63, 3.8) is 0 Å². The van der Waals surface area contributed by atoms with Crippen LogP contribution in [0.15, 0.2) is 47.2 Å². The van der Waals surface area contributed by atoms with E-state index >= 15 is 0 Å². The fourth-order valence-electron chi connectivity index (χ4n) is 3.01. The number of nitrogens with zero attached hydrogens (tertiary/aromatic N) is 3. The Morgan fingerprint density at radius 1 is 1.26 bits per heavy atom. The molecule has 1 fully saturated rings. The van der Waals surface area contributed by atoms with Crippen molar-refractivity contribution in [2.45, 2.75) is 51.5 Å². The Morgan fingerprint density at radius 3 is 2.67 bits per heavy atom. The predicted molar refractivity (Wildman–Crippen MR) is 103 cm³/mol. The van der Waals surface area contributed by atoms with Gasteiger partial charge in [0.05, 0.1) is 17.9 Å². The lowest BCUT2D eigenvalue weighted by molar-refractivity contribution is 0.0994. The molecule has 0 radical (unpaired) electrons. The fourth-order valence-corrected chi connectivity index (χ4v) is 3.01. The summed E-state index contributed by atoms with van der Waals surface area (Å²) in [5.41, 5.74) is 2.69. The number of amides is 1. The van der Waals surface area contributed by atoms with Crippen LogP contribution < -0.4 is 5.32 Å². The Hall–Kier alpha value is -2.89. The molecule has 1 aromatic carbocycles. The molecule has 1 aliphatic rings. The van der Waals surface area contributed by atoms with Crippen LogP contribution in [-0.4, -0.2) is 20.7 Å². The van der Waals surface area contributed by atoms with E-state index in [1.165, 1.54) is 6.39 Å². The van der Waals surface area contributed by atoms with Crippen molar-refractivity contribution < 1.29 is 9.21 Å². The SMILES string of the molecule is CC(C)(C)c1cc(NC(=O)c2ocnc2C2CC2)n(Cc2ccccc2)n1. The van der Waals surface area contributed by atoms with Gasteiger partial charge in [0, 0.05) is 17.4 Å². The number of carbonyl (C=O) groups excluding carboxylic acids is 1. The molecular formula is C21H24N4O2. The summed E-state index contributed by atoms with van der Waals surface area (Å²) < 4.78 is 7.21. The van der Waals surface area contributed by atoms with E-state index in [0.717, 1.165) is 29.8 Å². The van der Waals surface area contributed by atoms with Gasteiger partial charge in [0.25, 0.3) is 5.91 Å². The molecule has 2 heterocycles. The second kappa shape index (κ2) is 6.68. The Kier molecular flexibility index (Phi) is 4.34. The van der Waals surface area contributed by atoms with Crippen LogP contribution in [0.4, 0.5) is 5.82 Å². The lowest BCUT2D eigenvalue weighted by atomic mass is 9.92. The molecule has 0 spiro atoms. The molecule has 6 nitrogen and oxygen atoms in total. The predicted octanol–water partition coefficient (Wildman–Crippen LogP) is 4.35. The molecule has 1 N–H and O–H groups in total. The summed E-state index contributed by atoms with van der Waals surface area (Å²) in [7, 11) is 0. The van der Waals surface area contributed by atoms with Gasteiger partial charge >= 0.3 is 0 Å². The zero-order valence-corrected chi connectivity index (χ0v) is 15.9. The molecule has 1 saturated carbocycles. The van der Waals surface area contributed by atoms with Crippen LogP contribution in [0, 0.1) is 0 Å². The first-order valence-corrected chi connectivity index (χ1v) is 9.29. The van der Waals surface area contributed by atoms with E-state index in [-0.39, 0.29) is 11.3 Å². The second-order valence-electron chi connectivity index (χ2n) is 8.10. The van der Waals surface area contributed by atoms with Crippen LogP contribution in [0.25, 0.3) is 0 Å². The zero-order chi connectivity index (χ0) is 19.0. The first-order chi connectivity index (χ1) is 12.9. The van der Waals surface area contributed by atoms with Crippen LogP contribution in [0.3, 0.4) is 0 Å². The summed E-state index contributed by atoms with van der Waals surface area (Å²) in [5.74, 6) is 1.04. The van der Waals surface area contributed by atoms with Crippen molar-refractivity contribution in [3.8, 4) is 0 Å². The lowest BCUT2D eigenvalue weighted by Crippen LogP contribution is -2.17. The molecule has 0 unspecified atom stereocenters. The zero-order valence-electron chi connectivity index (χ0n) is 15.9. The minimum atomic E-state index is -0.274. The first kappa shape index (κ1) is 17.5. The third-order valence-electron chi connectivity index (χ3n) is 4.73. The number of hydrogen-bond acceptors (Lipinski definition) is 4. The average Bonchev–Trinajstić information content (AvgIpc) is 3.21. The van der Waals surface area contributed by atoms with Crippen molar-refractivity contribution in [3.05, 3.63) is 65.5 Å². The molecular weight excluding hydrogens is 340 g/mol. The van der Waals surface area contributed by atoms with Crippen molar-refractivity contribution in [2.75, 3.05) is 5.32 Å². The maximum atomic E-state index is 12.8. The van der Waals surface area contributed by atoms with Crippen LogP contribution >= 0.6 is 0 Å². The van der Waals surface area contributed by atoms with Gasteiger partial charge in [0.2, 0.25) is 5.76 Å². The number of carbonyl (C=O) groups is 1. The topological polar surface area (TPSA) is 73.0 Å². The Labute approximate surface area is 158 Å². The maximum absolute atomic E-state index is 12.8. The van der Waals surface area contributed by atoms with Crippen molar-refractivity contribution in [2.24, 2.45) is 0 Å². The summed E-state index contributed by atoms with van der Waals surface area (Å²) in [6.45, 7) is 6.90. The number of aromatic nitrogens is 3. The van der Waals surface area contributed by atoms with Gasteiger partial charge in [-0.15, -0.1) is 0 Å². The molecule has 0 saturated heterocycles.